The molecule has 0 fully saturated rings. The van der Waals surface area contributed by atoms with Crippen LogP contribution in [0, 0.1) is 0 Å². The third-order valence-corrected chi connectivity index (χ3v) is 3.31. The van der Waals surface area contributed by atoms with E-state index < -0.39 is 24.5 Å². The second-order valence-corrected chi connectivity index (χ2v) is 5.11. The molecule has 0 radical (unpaired) electrons. The fraction of sp³-hybridized carbons (Fsp3) is 0.636. The molecule has 11 heteroatoms. The Bertz CT molecular complexity index is 494. The summed E-state index contributed by atoms with van der Waals surface area (Å²) in [7, 11) is 1.38. The number of thiazole rings is 1. The van der Waals surface area contributed by atoms with E-state index in [1.807, 2.05) is 0 Å². The summed E-state index contributed by atoms with van der Waals surface area (Å²) in [6.07, 6.45) is -9.53. The zero-order valence-corrected chi connectivity index (χ0v) is 12.3. The Morgan fingerprint density at radius 3 is 2.32 bits per heavy atom. The molecule has 1 rings (SSSR count). The molecule has 0 spiro atoms. The highest BCUT2D eigenvalue weighted by Gasteiger charge is 2.33. The van der Waals surface area contributed by atoms with E-state index in [4.69, 9.17) is 0 Å². The Morgan fingerprint density at radius 1 is 1.18 bits per heavy atom. The minimum absolute atomic E-state index is 0.150. The van der Waals surface area contributed by atoms with Crippen LogP contribution in [0.4, 0.5) is 26.3 Å². The Hall–Kier alpha value is -1.52. The molecule has 22 heavy (non-hydrogen) atoms. The van der Waals surface area contributed by atoms with E-state index in [-0.39, 0.29) is 30.5 Å². The second-order valence-electron chi connectivity index (χ2n) is 4.17. The number of hydrogen-bond donors (Lipinski definition) is 2. The van der Waals surface area contributed by atoms with Crippen molar-refractivity contribution in [2.45, 2.75) is 25.2 Å². The van der Waals surface area contributed by atoms with Gasteiger partial charge in [0.15, 0.2) is 11.7 Å². The predicted octanol–water partition coefficient (Wildman–Crippen LogP) is 2.82. The second kappa shape index (κ2) is 7.65. The van der Waals surface area contributed by atoms with Crippen LogP contribution in [-0.2, 0) is 12.6 Å². The average Bonchev–Trinajstić information content (AvgIpc) is 2.84. The van der Waals surface area contributed by atoms with Crippen molar-refractivity contribution in [1.29, 1.82) is 0 Å². The number of nitrogens with zero attached hydrogens (tertiary/aromatic N) is 2. The first kappa shape index (κ1) is 18.5. The largest absolute Gasteiger partial charge is 0.434 e. The van der Waals surface area contributed by atoms with Crippen LogP contribution in [0.15, 0.2) is 10.4 Å². The van der Waals surface area contributed by atoms with Gasteiger partial charge in [-0.3, -0.25) is 4.99 Å². The molecule has 0 aliphatic heterocycles. The van der Waals surface area contributed by atoms with Crippen molar-refractivity contribution in [3.63, 3.8) is 0 Å². The van der Waals surface area contributed by atoms with Crippen molar-refractivity contribution in [3.8, 4) is 0 Å². The molecular weight excluding hydrogens is 334 g/mol. The normalized spacial score (nSPS) is 13.3. The molecule has 0 saturated carbocycles. The maximum absolute atomic E-state index is 12.3. The summed E-state index contributed by atoms with van der Waals surface area (Å²) in [6, 6.07) is 0. The van der Waals surface area contributed by atoms with Crippen molar-refractivity contribution >= 4 is 17.3 Å². The lowest BCUT2D eigenvalue weighted by Crippen LogP contribution is -2.39. The summed E-state index contributed by atoms with van der Waals surface area (Å²) in [5.41, 5.74) is -0.944. The van der Waals surface area contributed by atoms with Gasteiger partial charge in [0.2, 0.25) is 0 Å². The van der Waals surface area contributed by atoms with E-state index in [0.717, 1.165) is 16.7 Å². The molecule has 1 aromatic heterocycles. The number of hydrogen-bond acceptors (Lipinski definition) is 3. The fourth-order valence-corrected chi connectivity index (χ4v) is 2.19. The molecule has 0 unspecified atom stereocenters. The number of aromatic nitrogens is 1. The molecule has 2 N–H and O–H groups in total. The zero-order chi connectivity index (χ0) is 16.8. The van der Waals surface area contributed by atoms with E-state index in [2.05, 4.69) is 20.6 Å². The van der Waals surface area contributed by atoms with Crippen molar-refractivity contribution < 1.29 is 26.3 Å². The van der Waals surface area contributed by atoms with Crippen LogP contribution < -0.4 is 10.6 Å². The highest BCUT2D eigenvalue weighted by Crippen LogP contribution is 2.29. The lowest BCUT2D eigenvalue weighted by atomic mass is 10.4. The standard InChI is InChI=1S/C11H14F6N4S/c1-18-9(20-5-3-10(12,13)14)19-4-2-8-21-7(6-22-8)11(15,16)17/h6H,2-5H2,1H3,(H2,18,19,20). The molecule has 0 bridgehead atoms. The number of alkyl halides is 6. The molecule has 0 aromatic carbocycles. The van der Waals surface area contributed by atoms with E-state index in [1.165, 1.54) is 7.05 Å². The van der Waals surface area contributed by atoms with Crippen LogP contribution in [0.5, 0.6) is 0 Å². The number of guanidine groups is 1. The Labute approximate surface area is 126 Å². The number of nitrogens with one attached hydrogen (secondary N) is 2. The Kier molecular flexibility index (Phi) is 6.45. The minimum atomic E-state index is -4.47. The lowest BCUT2D eigenvalue weighted by molar-refractivity contribution is -0.140. The van der Waals surface area contributed by atoms with Gasteiger partial charge in [0.05, 0.1) is 11.4 Å². The molecule has 1 aromatic rings. The fourth-order valence-electron chi connectivity index (χ4n) is 1.39. The zero-order valence-electron chi connectivity index (χ0n) is 11.5. The summed E-state index contributed by atoms with van der Waals surface area (Å²) >= 11 is 0.877. The topological polar surface area (TPSA) is 49.3 Å². The van der Waals surface area contributed by atoms with Gasteiger partial charge in [-0.2, -0.15) is 26.3 Å². The first-order valence-corrected chi connectivity index (χ1v) is 7.02. The van der Waals surface area contributed by atoms with Crippen LogP contribution in [0.3, 0.4) is 0 Å². The molecule has 0 aliphatic rings. The van der Waals surface area contributed by atoms with Gasteiger partial charge in [-0.25, -0.2) is 4.98 Å². The Balaban J connectivity index is 2.34. The summed E-state index contributed by atoms with van der Waals surface area (Å²) in [6.45, 7) is -0.130. The van der Waals surface area contributed by atoms with E-state index in [0.29, 0.717) is 0 Å². The van der Waals surface area contributed by atoms with Gasteiger partial charge >= 0.3 is 12.4 Å². The molecule has 126 valence electrons. The first-order chi connectivity index (χ1) is 10.1. The predicted molar refractivity (Wildman–Crippen MR) is 70.9 cm³/mol. The van der Waals surface area contributed by atoms with Crippen LogP contribution in [0.1, 0.15) is 17.1 Å². The minimum Gasteiger partial charge on any atom is -0.356 e. The van der Waals surface area contributed by atoms with E-state index in [1.54, 1.807) is 0 Å². The summed E-state index contributed by atoms with van der Waals surface area (Å²) < 4.78 is 73.0. The summed E-state index contributed by atoms with van der Waals surface area (Å²) in [5.74, 6) is 0.150. The average molecular weight is 348 g/mol. The van der Waals surface area contributed by atoms with Gasteiger partial charge in [-0.1, -0.05) is 0 Å². The summed E-state index contributed by atoms with van der Waals surface area (Å²) in [5, 5.41) is 6.38. The van der Waals surface area contributed by atoms with E-state index in [9.17, 15) is 26.3 Å². The van der Waals surface area contributed by atoms with Crippen molar-refractivity contribution in [3.05, 3.63) is 16.1 Å². The van der Waals surface area contributed by atoms with E-state index >= 15 is 0 Å². The quantitative estimate of drug-likeness (QED) is 0.489. The van der Waals surface area contributed by atoms with Gasteiger partial charge in [0, 0.05) is 31.9 Å². The van der Waals surface area contributed by atoms with Crippen LogP contribution >= 0.6 is 11.3 Å². The maximum atomic E-state index is 12.3. The van der Waals surface area contributed by atoms with Gasteiger partial charge in [0.1, 0.15) is 0 Å². The van der Waals surface area contributed by atoms with Crippen LogP contribution in [-0.4, -0.2) is 37.3 Å². The van der Waals surface area contributed by atoms with Crippen LogP contribution in [0.25, 0.3) is 0 Å². The summed E-state index contributed by atoms with van der Waals surface area (Å²) in [4.78, 5) is 7.16. The molecule has 1 heterocycles. The van der Waals surface area contributed by atoms with Gasteiger partial charge in [0.25, 0.3) is 0 Å². The van der Waals surface area contributed by atoms with Crippen molar-refractivity contribution in [2.24, 2.45) is 4.99 Å². The van der Waals surface area contributed by atoms with Crippen LogP contribution in [0.2, 0.25) is 0 Å². The molecule has 0 aliphatic carbocycles. The number of rotatable bonds is 5. The smallest absolute Gasteiger partial charge is 0.356 e. The molecule has 0 saturated heterocycles. The van der Waals surface area contributed by atoms with Gasteiger partial charge in [-0.05, 0) is 0 Å². The molecule has 4 nitrogen and oxygen atoms in total. The maximum Gasteiger partial charge on any atom is 0.434 e. The molecular formula is C11H14F6N4S. The van der Waals surface area contributed by atoms with Crippen molar-refractivity contribution in [1.82, 2.24) is 15.6 Å². The highest BCUT2D eigenvalue weighted by molar-refractivity contribution is 7.09. The third kappa shape index (κ3) is 6.96. The van der Waals surface area contributed by atoms with Crippen molar-refractivity contribution in [2.75, 3.05) is 20.1 Å². The first-order valence-electron chi connectivity index (χ1n) is 6.14. The monoisotopic (exact) mass is 348 g/mol. The number of halogens is 6. The molecule has 0 amide bonds. The number of aliphatic imine (C=N–C) groups is 1. The molecule has 0 atom stereocenters. The lowest BCUT2D eigenvalue weighted by Gasteiger charge is -2.12. The third-order valence-electron chi connectivity index (χ3n) is 2.40. The van der Waals surface area contributed by atoms with Gasteiger partial charge < -0.3 is 10.6 Å². The highest BCUT2D eigenvalue weighted by atomic mass is 32.1. The van der Waals surface area contributed by atoms with Gasteiger partial charge in [-0.15, -0.1) is 11.3 Å². The Morgan fingerprint density at radius 2 is 1.82 bits per heavy atom. The SMILES string of the molecule is CN=C(NCCc1nc(C(F)(F)F)cs1)NCCC(F)(F)F.